The van der Waals surface area contributed by atoms with Crippen LogP contribution in [0.2, 0.25) is 0 Å². The number of hydrogen-bond acceptors (Lipinski definition) is 5. The van der Waals surface area contributed by atoms with Gasteiger partial charge >= 0.3 is 10.4 Å². The van der Waals surface area contributed by atoms with E-state index < -0.39 is 10.4 Å². The molecule has 25 heavy (non-hydrogen) atoms. The molecule has 0 aromatic heterocycles. The molecule has 0 aliphatic rings. The molecule has 0 amide bonds. The third-order valence-electron chi connectivity index (χ3n) is 2.40. The number of phenols is 1. The van der Waals surface area contributed by atoms with Crippen LogP contribution in [0, 0.1) is 0 Å². The summed E-state index contributed by atoms with van der Waals surface area (Å²) in [6.07, 6.45) is 2.33. The van der Waals surface area contributed by atoms with Crippen molar-refractivity contribution in [2.45, 2.75) is 13.8 Å². The quantitative estimate of drug-likeness (QED) is 0.614. The zero-order valence-corrected chi connectivity index (χ0v) is 15.1. The summed E-state index contributed by atoms with van der Waals surface area (Å²) in [5.41, 5.74) is 0.783. The Labute approximate surface area is 149 Å². The minimum Gasteiger partial charge on any atom is -0.508 e. The first-order chi connectivity index (χ1) is 11.9. The van der Waals surface area contributed by atoms with Crippen molar-refractivity contribution in [3.63, 3.8) is 0 Å². The molecule has 2 rings (SSSR count). The van der Waals surface area contributed by atoms with Crippen molar-refractivity contribution in [2.24, 2.45) is 0 Å². The number of hydrogen-bond donors (Lipinski definition) is 2. The fourth-order valence-electron chi connectivity index (χ4n) is 1.37. The lowest BCUT2D eigenvalue weighted by molar-refractivity contribution is 0.162. The molecule has 0 bridgehead atoms. The molecule has 2 N–H and O–H groups in total. The van der Waals surface area contributed by atoms with Gasteiger partial charge in [-0.2, -0.15) is 8.42 Å². The highest BCUT2D eigenvalue weighted by molar-refractivity contribution is 7.81. The first-order valence-electron chi connectivity index (χ1n) is 7.58. The molecule has 0 fully saturated rings. The Kier molecular flexibility index (Phi) is 12.7. The lowest BCUT2D eigenvalue weighted by atomic mass is 10.2. The highest BCUT2D eigenvalue weighted by atomic mass is 32.3. The van der Waals surface area contributed by atoms with Crippen LogP contribution in [0.1, 0.15) is 19.4 Å². The highest BCUT2D eigenvalue weighted by Gasteiger charge is 1.98. The molecule has 0 aliphatic heterocycles. The fourth-order valence-corrected chi connectivity index (χ4v) is 1.57. The van der Waals surface area contributed by atoms with Crippen molar-refractivity contribution in [2.75, 3.05) is 13.2 Å². The van der Waals surface area contributed by atoms with Gasteiger partial charge in [-0.3, -0.25) is 4.55 Å². The molecule has 6 nitrogen and oxygen atoms in total. The van der Waals surface area contributed by atoms with Gasteiger partial charge in [0.05, 0.1) is 0 Å². The molecule has 0 saturated carbocycles. The second-order valence-corrected chi connectivity index (χ2v) is 5.40. The van der Waals surface area contributed by atoms with E-state index in [2.05, 4.69) is 4.18 Å². The van der Waals surface area contributed by atoms with Crippen molar-refractivity contribution >= 4 is 16.5 Å². The molecular formula is C18H24O6S. The second kappa shape index (κ2) is 14.0. The summed E-state index contributed by atoms with van der Waals surface area (Å²) in [5.74, 6) is 0.322. The van der Waals surface area contributed by atoms with Crippen molar-refractivity contribution in [1.82, 2.24) is 0 Å². The van der Waals surface area contributed by atoms with Gasteiger partial charge in [0.2, 0.25) is 0 Å². The summed E-state index contributed by atoms with van der Waals surface area (Å²) < 4.78 is 37.2. The predicted molar refractivity (Wildman–Crippen MR) is 98.4 cm³/mol. The van der Waals surface area contributed by atoms with E-state index in [-0.39, 0.29) is 0 Å². The first kappa shape index (κ1) is 22.6. The maximum atomic E-state index is 10.1. The SMILES string of the molecule is CCOCC.O=S(=O)(O)O/C=C/c1ccccc1.Oc1ccccc1. The van der Waals surface area contributed by atoms with Crippen LogP contribution in [-0.2, 0) is 19.3 Å². The van der Waals surface area contributed by atoms with Crippen molar-refractivity contribution in [3.05, 3.63) is 72.5 Å². The minimum atomic E-state index is -4.38. The predicted octanol–water partition coefficient (Wildman–Crippen LogP) is 3.91. The van der Waals surface area contributed by atoms with E-state index in [9.17, 15) is 8.42 Å². The molecule has 2 aromatic rings. The Morgan fingerprint density at radius 2 is 1.40 bits per heavy atom. The number of benzene rings is 2. The van der Waals surface area contributed by atoms with Crippen molar-refractivity contribution in [3.8, 4) is 5.75 Å². The summed E-state index contributed by atoms with van der Waals surface area (Å²) in [6, 6.07) is 17.7. The minimum absolute atomic E-state index is 0.322. The topological polar surface area (TPSA) is 93.1 Å². The smallest absolute Gasteiger partial charge is 0.445 e. The summed E-state index contributed by atoms with van der Waals surface area (Å²) in [6.45, 7) is 5.67. The molecule has 0 spiro atoms. The lowest BCUT2D eigenvalue weighted by Gasteiger charge is -1.92. The number of phenolic OH excluding ortho intramolecular Hbond substituents is 1. The van der Waals surface area contributed by atoms with Crippen LogP contribution in [0.4, 0.5) is 0 Å². The summed E-state index contributed by atoms with van der Waals surface area (Å²) in [5, 5.41) is 8.63. The van der Waals surface area contributed by atoms with E-state index in [4.69, 9.17) is 14.4 Å². The standard InChI is InChI=1S/C8H8O4S.C6H6O.C4H10O/c9-13(10,11)12-7-6-8-4-2-1-3-5-8;7-6-4-2-1-3-5-6;1-3-5-4-2/h1-7H,(H,9,10,11);1-5,7H;3-4H2,1-2H3/b7-6+;;. The molecule has 0 aliphatic carbocycles. The highest BCUT2D eigenvalue weighted by Crippen LogP contribution is 2.03. The van der Waals surface area contributed by atoms with Crippen LogP contribution in [0.3, 0.4) is 0 Å². The monoisotopic (exact) mass is 368 g/mol. The van der Waals surface area contributed by atoms with Gasteiger partial charge in [0, 0.05) is 13.2 Å². The number of aromatic hydroxyl groups is 1. The average molecular weight is 368 g/mol. The lowest BCUT2D eigenvalue weighted by Crippen LogP contribution is -1.96. The number of ether oxygens (including phenoxy) is 1. The average Bonchev–Trinajstić information content (AvgIpc) is 2.57. The van der Waals surface area contributed by atoms with Crippen LogP contribution in [0.15, 0.2) is 66.9 Å². The molecule has 0 saturated heterocycles. The first-order valence-corrected chi connectivity index (χ1v) is 8.94. The van der Waals surface area contributed by atoms with E-state index in [1.54, 1.807) is 48.5 Å². The van der Waals surface area contributed by atoms with Crippen LogP contribution in [0.25, 0.3) is 6.08 Å². The van der Waals surface area contributed by atoms with Gasteiger partial charge in [-0.25, -0.2) is 0 Å². The van der Waals surface area contributed by atoms with Crippen molar-refractivity contribution in [1.29, 1.82) is 0 Å². The van der Waals surface area contributed by atoms with E-state index in [0.29, 0.717) is 5.75 Å². The molecular weight excluding hydrogens is 344 g/mol. The van der Waals surface area contributed by atoms with Gasteiger partial charge in [0.1, 0.15) is 12.0 Å². The van der Waals surface area contributed by atoms with E-state index in [0.717, 1.165) is 25.0 Å². The molecule has 0 unspecified atom stereocenters. The van der Waals surface area contributed by atoms with Crippen molar-refractivity contribution < 1.29 is 27.0 Å². The maximum absolute atomic E-state index is 10.1. The van der Waals surface area contributed by atoms with Crippen LogP contribution in [0.5, 0.6) is 5.75 Å². The summed E-state index contributed by atoms with van der Waals surface area (Å²) in [7, 11) is -4.38. The third kappa shape index (κ3) is 16.3. The summed E-state index contributed by atoms with van der Waals surface area (Å²) in [4.78, 5) is 0. The van der Waals surface area contributed by atoms with Crippen LogP contribution >= 0.6 is 0 Å². The van der Waals surface area contributed by atoms with E-state index >= 15 is 0 Å². The molecule has 2 aromatic carbocycles. The largest absolute Gasteiger partial charge is 0.508 e. The fraction of sp³-hybridized carbons (Fsp3) is 0.222. The Hall–Kier alpha value is -2.35. The second-order valence-electron chi connectivity index (χ2n) is 4.35. The Bertz CT molecular complexity index is 667. The number of rotatable bonds is 5. The normalized spacial score (nSPS) is 10.2. The van der Waals surface area contributed by atoms with Gasteiger partial charge in [0.15, 0.2) is 0 Å². The maximum Gasteiger partial charge on any atom is 0.445 e. The van der Waals surface area contributed by atoms with E-state index in [1.807, 2.05) is 26.0 Å². The number of para-hydroxylation sites is 1. The van der Waals surface area contributed by atoms with Gasteiger partial charge in [-0.05, 0) is 37.6 Å². The molecule has 0 radical (unpaired) electrons. The Balaban J connectivity index is 0.000000401. The van der Waals surface area contributed by atoms with Crippen LogP contribution < -0.4 is 0 Å². The van der Waals surface area contributed by atoms with E-state index in [1.165, 1.54) is 6.08 Å². The van der Waals surface area contributed by atoms with Crippen LogP contribution in [-0.4, -0.2) is 31.3 Å². The molecule has 0 heterocycles. The molecule has 138 valence electrons. The van der Waals surface area contributed by atoms with Gasteiger partial charge in [-0.1, -0.05) is 48.5 Å². The Morgan fingerprint density at radius 1 is 0.920 bits per heavy atom. The Morgan fingerprint density at radius 3 is 1.72 bits per heavy atom. The zero-order valence-electron chi connectivity index (χ0n) is 14.3. The third-order valence-corrected chi connectivity index (χ3v) is 2.76. The molecule has 7 heteroatoms. The van der Waals surface area contributed by atoms with Gasteiger partial charge < -0.3 is 14.0 Å². The molecule has 0 atom stereocenters. The zero-order chi connectivity index (χ0) is 19.0. The van der Waals surface area contributed by atoms with Gasteiger partial charge in [-0.15, -0.1) is 0 Å². The van der Waals surface area contributed by atoms with Gasteiger partial charge in [0.25, 0.3) is 0 Å². The summed E-state index contributed by atoms with van der Waals surface area (Å²) >= 11 is 0.